The summed E-state index contributed by atoms with van der Waals surface area (Å²) in [5.41, 5.74) is 7.54. The molecule has 0 amide bonds. The highest BCUT2D eigenvalue weighted by Gasteiger charge is 2.29. The molecule has 2 N–H and O–H groups in total. The number of hydrogen-bond donors (Lipinski definition) is 1. The highest BCUT2D eigenvalue weighted by molar-refractivity contribution is 5.85. The molecule has 3 rings (SSSR count). The molecule has 2 aromatic rings. The van der Waals surface area contributed by atoms with Crippen LogP contribution in [0.5, 0.6) is 0 Å². The average Bonchev–Trinajstić information content (AvgIpc) is 2.84. The monoisotopic (exact) mass is 242 g/mol. The Kier molecular flexibility index (Phi) is 3.02. The fourth-order valence-corrected chi connectivity index (χ4v) is 2.76. The lowest BCUT2D eigenvalue weighted by Gasteiger charge is -2.19. The van der Waals surface area contributed by atoms with Crippen LogP contribution in [0.4, 0.5) is 0 Å². The minimum atomic E-state index is 0.00792. The van der Waals surface area contributed by atoms with E-state index in [1.165, 1.54) is 5.39 Å². The maximum Gasteiger partial charge on any atom is 0.0551 e. The lowest BCUT2D eigenvalue weighted by atomic mass is 9.90. The minimum Gasteiger partial charge on any atom is -0.378 e. The molecule has 0 spiro atoms. The van der Waals surface area contributed by atoms with Crippen molar-refractivity contribution in [2.75, 3.05) is 6.61 Å². The third-order valence-corrected chi connectivity index (χ3v) is 3.80. The average molecular weight is 242 g/mol. The second-order valence-corrected chi connectivity index (χ2v) is 5.12. The van der Waals surface area contributed by atoms with Gasteiger partial charge in [-0.05, 0) is 24.3 Å². The van der Waals surface area contributed by atoms with Gasteiger partial charge in [0.2, 0.25) is 0 Å². The van der Waals surface area contributed by atoms with E-state index in [4.69, 9.17) is 10.5 Å². The first-order chi connectivity index (χ1) is 8.75. The molecule has 1 aromatic heterocycles. The van der Waals surface area contributed by atoms with Gasteiger partial charge >= 0.3 is 0 Å². The van der Waals surface area contributed by atoms with E-state index in [2.05, 4.69) is 24.0 Å². The van der Waals surface area contributed by atoms with Crippen molar-refractivity contribution in [2.24, 2.45) is 11.7 Å². The summed E-state index contributed by atoms with van der Waals surface area (Å²) in [6.07, 6.45) is 5.14. The van der Waals surface area contributed by atoms with Crippen LogP contribution in [0.1, 0.15) is 24.9 Å². The van der Waals surface area contributed by atoms with Crippen molar-refractivity contribution in [2.45, 2.75) is 25.5 Å². The van der Waals surface area contributed by atoms with Crippen molar-refractivity contribution >= 4 is 10.8 Å². The quantitative estimate of drug-likeness (QED) is 0.880. The van der Waals surface area contributed by atoms with Gasteiger partial charge in [-0.2, -0.15) is 0 Å². The van der Waals surface area contributed by atoms with E-state index in [1.54, 1.807) is 0 Å². The molecular weight excluding hydrogens is 224 g/mol. The van der Waals surface area contributed by atoms with Gasteiger partial charge in [-0.1, -0.05) is 24.3 Å². The molecule has 3 heteroatoms. The fraction of sp³-hybridized carbons (Fsp3) is 0.400. The van der Waals surface area contributed by atoms with Gasteiger partial charge in [-0.25, -0.2) is 0 Å². The van der Waals surface area contributed by atoms with E-state index in [9.17, 15) is 0 Å². The molecule has 18 heavy (non-hydrogen) atoms. The molecule has 1 aliphatic rings. The predicted molar refractivity (Wildman–Crippen MR) is 72.2 cm³/mol. The van der Waals surface area contributed by atoms with Gasteiger partial charge in [-0.15, -0.1) is 0 Å². The van der Waals surface area contributed by atoms with E-state index in [0.717, 1.165) is 24.0 Å². The largest absolute Gasteiger partial charge is 0.378 e. The number of fused-ring (bicyclic) bond motifs is 1. The van der Waals surface area contributed by atoms with Crippen LogP contribution < -0.4 is 5.73 Å². The summed E-state index contributed by atoms with van der Waals surface area (Å²) in [4.78, 5) is 4.30. The summed E-state index contributed by atoms with van der Waals surface area (Å²) in [7, 11) is 0. The number of hydrogen-bond acceptors (Lipinski definition) is 3. The van der Waals surface area contributed by atoms with Crippen LogP contribution in [0, 0.1) is 5.92 Å². The molecule has 94 valence electrons. The van der Waals surface area contributed by atoms with E-state index in [0.29, 0.717) is 12.0 Å². The van der Waals surface area contributed by atoms with E-state index >= 15 is 0 Å². The highest BCUT2D eigenvalue weighted by Crippen LogP contribution is 2.32. The lowest BCUT2D eigenvalue weighted by Crippen LogP contribution is -2.22. The maximum atomic E-state index is 6.41. The highest BCUT2D eigenvalue weighted by atomic mass is 16.5. The number of aromatic nitrogens is 1. The third-order valence-electron chi connectivity index (χ3n) is 3.80. The first-order valence-corrected chi connectivity index (χ1v) is 6.45. The maximum absolute atomic E-state index is 6.41. The van der Waals surface area contributed by atoms with Gasteiger partial charge in [0.1, 0.15) is 0 Å². The molecule has 0 saturated carbocycles. The smallest absolute Gasteiger partial charge is 0.0551 e. The molecular formula is C15H18N2O. The Morgan fingerprint density at radius 1 is 1.33 bits per heavy atom. The molecule has 0 aliphatic carbocycles. The molecule has 0 radical (unpaired) electrons. The topological polar surface area (TPSA) is 48.1 Å². The number of ether oxygens (including phenoxy) is 1. The molecule has 3 unspecified atom stereocenters. The van der Waals surface area contributed by atoms with Crippen LogP contribution in [0.3, 0.4) is 0 Å². The molecule has 1 saturated heterocycles. The molecule has 1 aliphatic heterocycles. The normalized spacial score (nSPS) is 25.4. The van der Waals surface area contributed by atoms with Crippen LogP contribution in [-0.2, 0) is 4.74 Å². The summed E-state index contributed by atoms with van der Waals surface area (Å²) < 4.78 is 5.62. The van der Waals surface area contributed by atoms with E-state index in [-0.39, 0.29) is 6.04 Å². The van der Waals surface area contributed by atoms with E-state index < -0.39 is 0 Å². The van der Waals surface area contributed by atoms with Crippen molar-refractivity contribution in [3.63, 3.8) is 0 Å². The van der Waals surface area contributed by atoms with Crippen LogP contribution in [0.15, 0.2) is 36.7 Å². The third kappa shape index (κ3) is 2.00. The SMILES string of the molecule is CC1CC(C(N)c2cncc3ccccc23)CO1. The Morgan fingerprint density at radius 3 is 2.94 bits per heavy atom. The second-order valence-electron chi connectivity index (χ2n) is 5.12. The number of nitrogens with zero attached hydrogens (tertiary/aromatic N) is 1. The molecule has 3 atom stereocenters. The minimum absolute atomic E-state index is 0.00792. The zero-order valence-corrected chi connectivity index (χ0v) is 10.5. The zero-order valence-electron chi connectivity index (χ0n) is 10.5. The lowest BCUT2D eigenvalue weighted by molar-refractivity contribution is 0.118. The number of nitrogens with two attached hydrogens (primary N) is 1. The van der Waals surface area contributed by atoms with Crippen LogP contribution in [-0.4, -0.2) is 17.7 Å². The number of pyridine rings is 1. The van der Waals surface area contributed by atoms with Crippen molar-refractivity contribution < 1.29 is 4.74 Å². The van der Waals surface area contributed by atoms with Crippen molar-refractivity contribution in [3.05, 3.63) is 42.2 Å². The van der Waals surface area contributed by atoms with Gasteiger partial charge in [0.05, 0.1) is 12.7 Å². The molecule has 1 fully saturated rings. The molecule has 3 nitrogen and oxygen atoms in total. The summed E-state index contributed by atoms with van der Waals surface area (Å²) in [5, 5.41) is 2.36. The predicted octanol–water partition coefficient (Wildman–Crippen LogP) is 2.66. The summed E-state index contributed by atoms with van der Waals surface area (Å²) in [6.45, 7) is 2.86. The summed E-state index contributed by atoms with van der Waals surface area (Å²) >= 11 is 0. The summed E-state index contributed by atoms with van der Waals surface area (Å²) in [6, 6.07) is 8.28. The Hall–Kier alpha value is -1.45. The second kappa shape index (κ2) is 4.67. The van der Waals surface area contributed by atoms with Crippen molar-refractivity contribution in [1.29, 1.82) is 0 Å². The Labute approximate surface area is 107 Å². The first-order valence-electron chi connectivity index (χ1n) is 6.45. The van der Waals surface area contributed by atoms with Crippen molar-refractivity contribution in [3.8, 4) is 0 Å². The van der Waals surface area contributed by atoms with Gasteiger partial charge in [0.15, 0.2) is 0 Å². The first kappa shape index (κ1) is 11.6. The van der Waals surface area contributed by atoms with Crippen LogP contribution in [0.25, 0.3) is 10.8 Å². The number of rotatable bonds is 2. The Morgan fingerprint density at radius 2 is 2.17 bits per heavy atom. The standard InChI is InChI=1S/C15H18N2O/c1-10-6-12(9-18-10)15(16)14-8-17-7-11-4-2-3-5-13(11)14/h2-5,7-8,10,12,15H,6,9,16H2,1H3. The Bertz CT molecular complexity index is 550. The van der Waals surface area contributed by atoms with Gasteiger partial charge in [0, 0.05) is 29.7 Å². The van der Waals surface area contributed by atoms with E-state index in [1.807, 2.05) is 24.5 Å². The molecule has 0 bridgehead atoms. The van der Waals surface area contributed by atoms with Gasteiger partial charge < -0.3 is 10.5 Å². The number of benzene rings is 1. The fourth-order valence-electron chi connectivity index (χ4n) is 2.76. The summed E-state index contributed by atoms with van der Waals surface area (Å²) in [5.74, 6) is 0.396. The van der Waals surface area contributed by atoms with Crippen molar-refractivity contribution in [1.82, 2.24) is 4.98 Å². The van der Waals surface area contributed by atoms with Crippen LogP contribution >= 0.6 is 0 Å². The van der Waals surface area contributed by atoms with Gasteiger partial charge in [-0.3, -0.25) is 4.98 Å². The zero-order chi connectivity index (χ0) is 12.5. The molecule has 1 aromatic carbocycles. The molecule has 2 heterocycles. The Balaban J connectivity index is 1.98. The van der Waals surface area contributed by atoms with Crippen LogP contribution in [0.2, 0.25) is 0 Å². The van der Waals surface area contributed by atoms with Gasteiger partial charge in [0.25, 0.3) is 0 Å².